The molecule has 1 aliphatic heterocycles. The van der Waals surface area contributed by atoms with Crippen molar-refractivity contribution in [3.63, 3.8) is 0 Å². The number of carbonyl (C=O) groups excluding carboxylic acids is 2. The van der Waals surface area contributed by atoms with Gasteiger partial charge < -0.3 is 10.2 Å². The number of hydrogen-bond donors (Lipinski definition) is 3. The molecule has 1 saturated heterocycles. The number of rotatable bonds is 0. The van der Waals surface area contributed by atoms with E-state index in [1.165, 1.54) is 19.2 Å². The molecule has 1 aliphatic carbocycles. The van der Waals surface area contributed by atoms with Crippen molar-refractivity contribution in [1.82, 2.24) is 10.2 Å². The van der Waals surface area contributed by atoms with Gasteiger partial charge in [0.2, 0.25) is 11.5 Å². The number of fused-ring (bicyclic) bond motifs is 3. The van der Waals surface area contributed by atoms with Gasteiger partial charge in [0.15, 0.2) is 0 Å². The van der Waals surface area contributed by atoms with Crippen molar-refractivity contribution in [2.75, 3.05) is 7.05 Å². The van der Waals surface area contributed by atoms with Gasteiger partial charge in [-0.3, -0.25) is 15.0 Å². The Morgan fingerprint density at radius 2 is 1.88 bits per heavy atom. The molecule has 0 spiro atoms. The van der Waals surface area contributed by atoms with E-state index in [2.05, 4.69) is 5.32 Å². The van der Waals surface area contributed by atoms with Gasteiger partial charge in [-0.25, -0.2) is 4.79 Å². The number of aliphatic hydroxyl groups is 2. The van der Waals surface area contributed by atoms with Crippen LogP contribution in [0.1, 0.15) is 15.9 Å². The van der Waals surface area contributed by atoms with Crippen LogP contribution in [0.3, 0.4) is 0 Å². The molecule has 0 bridgehead atoms. The van der Waals surface area contributed by atoms with Crippen LogP contribution in [0.25, 0.3) is 0 Å². The van der Waals surface area contributed by atoms with Crippen molar-refractivity contribution in [2.24, 2.45) is 0 Å². The monoisotopic (exact) mass is 234 g/mol. The maximum absolute atomic E-state index is 12.0. The minimum Gasteiger partial charge on any atom is -0.363 e. The van der Waals surface area contributed by atoms with Gasteiger partial charge in [-0.2, -0.15) is 0 Å². The van der Waals surface area contributed by atoms with Crippen LogP contribution in [0.2, 0.25) is 0 Å². The number of benzene rings is 1. The molecule has 3 rings (SSSR count). The van der Waals surface area contributed by atoms with Gasteiger partial charge in [0, 0.05) is 18.2 Å². The Bertz CT molecular complexity index is 558. The zero-order valence-electron chi connectivity index (χ0n) is 8.97. The maximum Gasteiger partial charge on any atom is 0.322 e. The second-order valence-corrected chi connectivity index (χ2v) is 4.25. The highest BCUT2D eigenvalue weighted by Gasteiger charge is 2.71. The normalized spacial score (nSPS) is 34.6. The number of hydrogen-bond acceptors (Lipinski definition) is 4. The molecule has 0 unspecified atom stereocenters. The van der Waals surface area contributed by atoms with Gasteiger partial charge in [-0.05, 0) is 0 Å². The smallest absolute Gasteiger partial charge is 0.322 e. The average molecular weight is 234 g/mol. The van der Waals surface area contributed by atoms with Gasteiger partial charge in [0.1, 0.15) is 0 Å². The predicted molar refractivity (Wildman–Crippen MR) is 55.9 cm³/mol. The van der Waals surface area contributed by atoms with Crippen molar-refractivity contribution < 1.29 is 19.8 Å². The summed E-state index contributed by atoms with van der Waals surface area (Å²) >= 11 is 0. The molecule has 17 heavy (non-hydrogen) atoms. The van der Waals surface area contributed by atoms with E-state index in [4.69, 9.17) is 0 Å². The Hall–Kier alpha value is -1.92. The molecule has 0 radical (unpaired) electrons. The minimum atomic E-state index is -2.30. The number of likely N-dealkylation sites (N-methyl/N-ethyl adjacent to an activating group) is 1. The number of nitrogens with one attached hydrogen (secondary N) is 1. The van der Waals surface area contributed by atoms with Crippen LogP contribution < -0.4 is 5.32 Å². The van der Waals surface area contributed by atoms with Crippen molar-refractivity contribution in [3.05, 3.63) is 35.4 Å². The number of amides is 2. The molecule has 2 aliphatic rings. The number of Topliss-reactive ketones (excluding diaryl/α,β-unsaturated/α-hetero) is 1. The van der Waals surface area contributed by atoms with Gasteiger partial charge in [0.25, 0.3) is 5.72 Å². The summed E-state index contributed by atoms with van der Waals surface area (Å²) in [6, 6.07) is 5.59. The molecule has 6 nitrogen and oxygen atoms in total. The first-order chi connectivity index (χ1) is 7.93. The number of ketones is 1. The third kappa shape index (κ3) is 0.853. The van der Waals surface area contributed by atoms with Gasteiger partial charge in [-0.1, -0.05) is 24.3 Å². The Morgan fingerprint density at radius 3 is 2.59 bits per heavy atom. The lowest BCUT2D eigenvalue weighted by Crippen LogP contribution is -2.58. The van der Waals surface area contributed by atoms with Gasteiger partial charge >= 0.3 is 6.03 Å². The zero-order valence-corrected chi connectivity index (χ0v) is 8.97. The quantitative estimate of drug-likeness (QED) is 0.557. The van der Waals surface area contributed by atoms with E-state index in [-0.39, 0.29) is 11.1 Å². The van der Waals surface area contributed by atoms with E-state index in [1.54, 1.807) is 12.1 Å². The van der Waals surface area contributed by atoms with Crippen LogP contribution in [0.5, 0.6) is 0 Å². The Kier molecular flexibility index (Phi) is 1.60. The molecule has 2 atom stereocenters. The lowest BCUT2D eigenvalue weighted by atomic mass is 10.00. The van der Waals surface area contributed by atoms with Crippen LogP contribution in [-0.2, 0) is 5.72 Å². The van der Waals surface area contributed by atoms with Crippen LogP contribution in [0.4, 0.5) is 4.79 Å². The molecule has 1 aromatic carbocycles. The summed E-state index contributed by atoms with van der Waals surface area (Å²) in [7, 11) is 1.32. The first kappa shape index (κ1) is 10.2. The summed E-state index contributed by atoms with van der Waals surface area (Å²) in [5.74, 6) is -0.701. The summed E-state index contributed by atoms with van der Waals surface area (Å²) < 4.78 is 0. The topological polar surface area (TPSA) is 89.9 Å². The van der Waals surface area contributed by atoms with Crippen LogP contribution in [0.15, 0.2) is 24.3 Å². The fourth-order valence-corrected chi connectivity index (χ4v) is 2.49. The second kappa shape index (κ2) is 2.66. The summed E-state index contributed by atoms with van der Waals surface area (Å²) in [6.45, 7) is 0. The lowest BCUT2D eigenvalue weighted by molar-refractivity contribution is -0.167. The van der Waals surface area contributed by atoms with E-state index in [9.17, 15) is 19.8 Å². The standard InChI is InChI=1S/C11H10N2O4/c1-13-9(15)12-10(16)8(14)6-4-2-3-5-7(6)11(10,13)17/h2-5,16-17H,1H3,(H,12,15)/t10-,11-/m1/s1. The maximum atomic E-state index is 12.0. The third-order valence-corrected chi connectivity index (χ3v) is 3.46. The van der Waals surface area contributed by atoms with Crippen LogP contribution in [0, 0.1) is 0 Å². The lowest BCUT2D eigenvalue weighted by Gasteiger charge is -2.32. The highest BCUT2D eigenvalue weighted by molar-refractivity contribution is 6.11. The average Bonchev–Trinajstić information content (AvgIpc) is 2.60. The molecule has 88 valence electrons. The molecule has 0 aromatic heterocycles. The first-order valence-corrected chi connectivity index (χ1v) is 5.08. The molecular formula is C11H10N2O4. The summed E-state index contributed by atoms with van der Waals surface area (Å²) in [4.78, 5) is 24.5. The third-order valence-electron chi connectivity index (χ3n) is 3.46. The first-order valence-electron chi connectivity index (χ1n) is 5.08. The highest BCUT2D eigenvalue weighted by Crippen LogP contribution is 2.47. The van der Waals surface area contributed by atoms with Crippen LogP contribution >= 0.6 is 0 Å². The van der Waals surface area contributed by atoms with E-state index in [0.29, 0.717) is 0 Å². The highest BCUT2D eigenvalue weighted by atomic mass is 16.4. The minimum absolute atomic E-state index is 0.212. The second-order valence-electron chi connectivity index (χ2n) is 4.25. The largest absolute Gasteiger partial charge is 0.363 e. The van der Waals surface area contributed by atoms with Crippen molar-refractivity contribution in [1.29, 1.82) is 0 Å². The molecule has 1 aromatic rings. The molecule has 1 heterocycles. The van der Waals surface area contributed by atoms with Crippen molar-refractivity contribution >= 4 is 11.8 Å². The van der Waals surface area contributed by atoms with Gasteiger partial charge in [0.05, 0.1) is 0 Å². The fourth-order valence-electron chi connectivity index (χ4n) is 2.49. The predicted octanol–water partition coefficient (Wildman–Crippen LogP) is -0.628. The number of carbonyl (C=O) groups is 2. The van der Waals surface area contributed by atoms with E-state index >= 15 is 0 Å². The fraction of sp³-hybridized carbons (Fsp3) is 0.273. The van der Waals surface area contributed by atoms with Crippen LogP contribution in [-0.4, -0.2) is 39.7 Å². The van der Waals surface area contributed by atoms with E-state index < -0.39 is 23.3 Å². The zero-order chi connectivity index (χ0) is 12.4. The molecule has 1 fully saturated rings. The number of nitrogens with zero attached hydrogens (tertiary/aromatic N) is 1. The Labute approximate surface area is 96.5 Å². The number of urea groups is 1. The molecule has 2 amide bonds. The van der Waals surface area contributed by atoms with E-state index in [0.717, 1.165) is 4.90 Å². The van der Waals surface area contributed by atoms with Gasteiger partial charge in [-0.15, -0.1) is 0 Å². The summed E-state index contributed by atoms with van der Waals surface area (Å²) in [5.41, 5.74) is -3.90. The summed E-state index contributed by atoms with van der Waals surface area (Å²) in [6.07, 6.45) is 0. The summed E-state index contributed by atoms with van der Waals surface area (Å²) in [5, 5.41) is 22.9. The molecular weight excluding hydrogens is 224 g/mol. The Morgan fingerprint density at radius 1 is 1.24 bits per heavy atom. The van der Waals surface area contributed by atoms with E-state index in [1.807, 2.05) is 0 Å². The van der Waals surface area contributed by atoms with Crippen molar-refractivity contribution in [2.45, 2.75) is 11.4 Å². The Balaban J connectivity index is 2.35. The SMILES string of the molecule is CN1C(=O)N[C@@]2(O)C(=O)c3ccccc3[C@]12O. The molecule has 0 saturated carbocycles. The van der Waals surface area contributed by atoms with Crippen molar-refractivity contribution in [3.8, 4) is 0 Å². The molecule has 6 heteroatoms. The molecule has 3 N–H and O–H groups in total.